The van der Waals surface area contributed by atoms with Gasteiger partial charge >= 0.3 is 33.3 Å². The Morgan fingerprint density at radius 1 is 0.616 bits per heavy atom. The lowest BCUT2D eigenvalue weighted by molar-refractivity contribution is -0.161. The predicted octanol–water partition coefficient (Wildman–Crippen LogP) is 12.3. The number of nitrogen functional groups attached to an aromatic ring is 1. The number of unbranched alkanes of at least 4 members (excludes halogenated alkanes) is 27. The van der Waals surface area contributed by atoms with Crippen molar-refractivity contribution in [3.05, 3.63) is 22.7 Å². The summed E-state index contributed by atoms with van der Waals surface area (Å²) in [4.78, 5) is 62.1. The van der Waals surface area contributed by atoms with Crippen LogP contribution in [0.4, 0.5) is 5.82 Å². The monoisotopic (exact) mass is 1080 g/mol. The smallest absolute Gasteiger partial charge is 0.462 e. The molecule has 20 heteroatoms. The Balaban J connectivity index is 1.75. The highest BCUT2D eigenvalue weighted by molar-refractivity contribution is 7.61. The summed E-state index contributed by atoms with van der Waals surface area (Å²) >= 11 is 0. The van der Waals surface area contributed by atoms with Gasteiger partial charge in [-0.1, -0.05) is 214 Å². The first-order valence-corrected chi connectivity index (χ1v) is 31.3. The standard InChI is InChI=1S/C53H99N3O15P2/c1-43(2)34-30-26-22-18-14-10-6-5-7-13-17-21-25-29-33-37-49(58)69-45(40-66-48(57)36-32-28-24-20-16-12-9-8-11-15-19-23-27-31-35-44(3)4)41-67-72(62,63)71-73(64,65)68-42-46-50(59)51(60)52(70-46)56-39-38-47(54)55-53(56)61/h38-39,43-46,50-52,59-60H,5-37,40-42H2,1-4H3,(H,62,63)(H,64,65)(H2,54,55,61)/t45-,46-,50+,51?,52-/m1/s1. The summed E-state index contributed by atoms with van der Waals surface area (Å²) in [6, 6.07) is 1.25. The van der Waals surface area contributed by atoms with Gasteiger partial charge in [-0.15, -0.1) is 0 Å². The Morgan fingerprint density at radius 2 is 1.01 bits per heavy atom. The number of hydrogen-bond donors (Lipinski definition) is 5. The molecule has 0 aliphatic carbocycles. The molecule has 0 amide bonds. The van der Waals surface area contributed by atoms with Crippen molar-refractivity contribution in [3.8, 4) is 0 Å². The zero-order valence-corrected chi connectivity index (χ0v) is 47.1. The SMILES string of the molecule is CC(C)CCCCCCCCCCCCCCCCCC(=O)O[C@H](COC(=O)CCCCCCCCCCCCCCCCC(C)C)COP(=O)(O)OP(=O)(O)OC[C@H]1O[C@@H](n2ccc(N)nc2=O)C(O)[C@H]1O. The summed E-state index contributed by atoms with van der Waals surface area (Å²) in [7, 11) is -10.8. The zero-order chi connectivity index (χ0) is 53.7. The Hall–Kier alpha value is -2.24. The third-order valence-electron chi connectivity index (χ3n) is 13.3. The van der Waals surface area contributed by atoms with Crippen molar-refractivity contribution in [2.75, 3.05) is 25.6 Å². The minimum absolute atomic E-state index is 0.0575. The van der Waals surface area contributed by atoms with Crippen LogP contribution in [0, 0.1) is 11.8 Å². The van der Waals surface area contributed by atoms with Gasteiger partial charge in [0, 0.05) is 19.0 Å². The molecule has 2 heterocycles. The fraction of sp³-hybridized carbons (Fsp3) is 0.887. The molecule has 0 radical (unpaired) electrons. The van der Waals surface area contributed by atoms with Crippen molar-refractivity contribution in [2.45, 2.75) is 270 Å². The number of anilines is 1. The van der Waals surface area contributed by atoms with Gasteiger partial charge in [0.1, 0.15) is 30.7 Å². The van der Waals surface area contributed by atoms with Crippen LogP contribution in [0.3, 0.4) is 0 Å². The van der Waals surface area contributed by atoms with Crippen molar-refractivity contribution in [3.63, 3.8) is 0 Å². The van der Waals surface area contributed by atoms with E-state index in [-0.39, 0.29) is 18.7 Å². The van der Waals surface area contributed by atoms with E-state index in [1.165, 1.54) is 147 Å². The van der Waals surface area contributed by atoms with Gasteiger partial charge < -0.3 is 39.9 Å². The van der Waals surface area contributed by atoms with E-state index in [2.05, 4.69) is 37.0 Å². The van der Waals surface area contributed by atoms with Crippen LogP contribution in [0.15, 0.2) is 17.1 Å². The second-order valence-electron chi connectivity index (χ2n) is 21.1. The number of phosphoric acid groups is 2. The number of phosphoric ester groups is 2. The van der Waals surface area contributed by atoms with Gasteiger partial charge in [-0.05, 0) is 30.7 Å². The van der Waals surface area contributed by atoms with Gasteiger partial charge in [0.2, 0.25) is 0 Å². The van der Waals surface area contributed by atoms with E-state index >= 15 is 0 Å². The highest BCUT2D eigenvalue weighted by Crippen LogP contribution is 2.60. The van der Waals surface area contributed by atoms with Crippen molar-refractivity contribution in [1.82, 2.24) is 9.55 Å². The topological polar surface area (TPSA) is 265 Å². The molecule has 6 N–H and O–H groups in total. The first kappa shape index (κ1) is 66.9. The lowest BCUT2D eigenvalue weighted by Crippen LogP contribution is -2.36. The third kappa shape index (κ3) is 34.2. The second kappa shape index (κ2) is 40.0. The molecule has 0 aromatic carbocycles. The van der Waals surface area contributed by atoms with E-state index in [1.807, 2.05) is 0 Å². The van der Waals surface area contributed by atoms with E-state index in [4.69, 9.17) is 29.0 Å². The fourth-order valence-electron chi connectivity index (χ4n) is 8.92. The minimum atomic E-state index is -5.42. The molecular formula is C53H99N3O15P2. The predicted molar refractivity (Wildman–Crippen MR) is 284 cm³/mol. The molecule has 1 aliphatic rings. The maximum atomic E-state index is 12.9. The Labute approximate surface area is 438 Å². The van der Waals surface area contributed by atoms with Crippen LogP contribution >= 0.6 is 15.6 Å². The first-order valence-electron chi connectivity index (χ1n) is 28.3. The lowest BCUT2D eigenvalue weighted by atomic mass is 10.0. The van der Waals surface area contributed by atoms with Crippen molar-refractivity contribution >= 4 is 33.4 Å². The van der Waals surface area contributed by atoms with Gasteiger partial charge in [-0.3, -0.25) is 23.2 Å². The number of rotatable bonds is 47. The highest BCUT2D eigenvalue weighted by atomic mass is 31.3. The molecule has 1 aromatic rings. The summed E-state index contributed by atoms with van der Waals surface area (Å²) in [5, 5.41) is 20.9. The number of aliphatic hydroxyl groups excluding tert-OH is 2. The fourth-order valence-corrected chi connectivity index (χ4v) is 11.0. The molecule has 0 saturated carbocycles. The molecule has 7 atom stereocenters. The van der Waals surface area contributed by atoms with Gasteiger partial charge in [0.15, 0.2) is 12.3 Å². The lowest BCUT2D eigenvalue weighted by Gasteiger charge is -2.21. The molecule has 1 aliphatic heterocycles. The average molecular weight is 1080 g/mol. The molecule has 2 rings (SSSR count). The summed E-state index contributed by atoms with van der Waals surface area (Å²) in [5.41, 5.74) is 4.60. The minimum Gasteiger partial charge on any atom is -0.462 e. The van der Waals surface area contributed by atoms with Crippen molar-refractivity contribution < 1.29 is 66.3 Å². The Morgan fingerprint density at radius 3 is 1.44 bits per heavy atom. The number of esters is 2. The summed E-state index contributed by atoms with van der Waals surface area (Å²) in [6.45, 7) is 6.87. The molecular weight excluding hydrogens is 981 g/mol. The van der Waals surface area contributed by atoms with Gasteiger partial charge in [-0.25, -0.2) is 13.9 Å². The van der Waals surface area contributed by atoms with Crippen LogP contribution in [-0.4, -0.2) is 85.7 Å². The maximum absolute atomic E-state index is 12.9. The molecule has 426 valence electrons. The van der Waals surface area contributed by atoms with Crippen molar-refractivity contribution in [1.29, 1.82) is 0 Å². The largest absolute Gasteiger partial charge is 0.481 e. The number of carbonyl (C=O) groups excluding carboxylic acids is 2. The van der Waals surface area contributed by atoms with E-state index in [0.29, 0.717) is 12.8 Å². The van der Waals surface area contributed by atoms with Crippen molar-refractivity contribution in [2.24, 2.45) is 11.8 Å². The number of aliphatic hydroxyl groups is 2. The normalized spacial score (nSPS) is 19.0. The maximum Gasteiger partial charge on any atom is 0.481 e. The number of nitrogens with two attached hydrogens (primary N) is 1. The zero-order valence-electron chi connectivity index (χ0n) is 45.3. The van der Waals surface area contributed by atoms with Gasteiger partial charge in [0.05, 0.1) is 13.2 Å². The van der Waals surface area contributed by atoms with Gasteiger partial charge in [-0.2, -0.15) is 9.29 Å². The van der Waals surface area contributed by atoms with E-state index in [9.17, 15) is 43.5 Å². The Bertz CT molecular complexity index is 1750. The number of ether oxygens (including phenoxy) is 3. The molecule has 1 saturated heterocycles. The van der Waals surface area contributed by atoms with E-state index in [0.717, 1.165) is 67.8 Å². The number of aromatic nitrogens is 2. The van der Waals surface area contributed by atoms with Crippen LogP contribution in [0.25, 0.3) is 0 Å². The molecule has 3 unspecified atom stereocenters. The number of nitrogens with zero attached hydrogens (tertiary/aromatic N) is 2. The Kier molecular flexibility index (Phi) is 36.7. The summed E-state index contributed by atoms with van der Waals surface area (Å²) < 4.78 is 57.0. The molecule has 0 spiro atoms. The molecule has 0 bridgehead atoms. The van der Waals surface area contributed by atoms with Crippen LogP contribution < -0.4 is 11.4 Å². The van der Waals surface area contributed by atoms with Crippen LogP contribution in [-0.2, 0) is 46.3 Å². The molecule has 73 heavy (non-hydrogen) atoms. The molecule has 1 fully saturated rings. The number of carbonyl (C=O) groups is 2. The highest BCUT2D eigenvalue weighted by Gasteiger charge is 2.46. The molecule has 1 aromatic heterocycles. The van der Waals surface area contributed by atoms with E-state index < -0.39 is 83.7 Å². The first-order chi connectivity index (χ1) is 34.9. The van der Waals surface area contributed by atoms with Crippen LogP contribution in [0.2, 0.25) is 0 Å². The summed E-state index contributed by atoms with van der Waals surface area (Å²) in [6.07, 6.45) is 30.4. The number of hydrogen-bond acceptors (Lipinski definition) is 15. The third-order valence-corrected chi connectivity index (χ3v) is 15.9. The van der Waals surface area contributed by atoms with Crippen LogP contribution in [0.1, 0.15) is 246 Å². The van der Waals surface area contributed by atoms with Crippen LogP contribution in [0.5, 0.6) is 0 Å². The van der Waals surface area contributed by atoms with Gasteiger partial charge in [0.25, 0.3) is 0 Å². The quantitative estimate of drug-likeness (QED) is 0.0231. The average Bonchev–Trinajstić information content (AvgIpc) is 3.60. The summed E-state index contributed by atoms with van der Waals surface area (Å²) in [5.74, 6) is 0.327. The molecule has 18 nitrogen and oxygen atoms in total. The second-order valence-corrected chi connectivity index (χ2v) is 24.2. The van der Waals surface area contributed by atoms with E-state index in [1.54, 1.807) is 0 Å².